The molecule has 0 saturated carbocycles. The van der Waals surface area contributed by atoms with Gasteiger partial charge in [0.2, 0.25) is 5.91 Å². The van der Waals surface area contributed by atoms with E-state index in [1.807, 2.05) is 29.6 Å². The first-order valence-corrected chi connectivity index (χ1v) is 9.01. The molecule has 2 aromatic carbocycles. The summed E-state index contributed by atoms with van der Waals surface area (Å²) in [5.74, 6) is -0.370. The van der Waals surface area contributed by atoms with Crippen LogP contribution in [0.5, 0.6) is 0 Å². The molecule has 3 nitrogen and oxygen atoms in total. The van der Waals surface area contributed by atoms with Crippen LogP contribution < -0.4 is 5.32 Å². The molecule has 0 spiro atoms. The third-order valence-corrected chi connectivity index (χ3v) is 4.72. The van der Waals surface area contributed by atoms with Gasteiger partial charge in [-0.15, -0.1) is 11.3 Å². The van der Waals surface area contributed by atoms with Crippen LogP contribution in [0, 0.1) is 5.82 Å². The molecule has 128 valence electrons. The first kappa shape index (κ1) is 17.3. The highest BCUT2D eigenvalue weighted by atomic mass is 32.1. The predicted octanol–water partition coefficient (Wildman–Crippen LogP) is 4.22. The van der Waals surface area contributed by atoms with Crippen LogP contribution in [-0.2, 0) is 17.6 Å². The fourth-order valence-corrected chi connectivity index (χ4v) is 3.42. The molecule has 0 aliphatic heterocycles. The molecule has 0 radical (unpaired) electrons. The van der Waals surface area contributed by atoms with Gasteiger partial charge in [-0.25, -0.2) is 9.37 Å². The summed E-state index contributed by atoms with van der Waals surface area (Å²) in [5, 5.41) is 5.65. The minimum atomic E-state index is -0.263. The number of benzene rings is 2. The number of carbonyl (C=O) groups excluding carboxylic acids is 1. The maximum absolute atomic E-state index is 14.3. The molecule has 0 bridgehead atoms. The van der Waals surface area contributed by atoms with Gasteiger partial charge in [-0.2, -0.15) is 0 Å². The van der Waals surface area contributed by atoms with Gasteiger partial charge in [-0.05, 0) is 23.6 Å². The fourth-order valence-electron chi connectivity index (χ4n) is 2.58. The van der Waals surface area contributed by atoms with Crippen LogP contribution >= 0.6 is 11.3 Å². The van der Waals surface area contributed by atoms with E-state index in [0.717, 1.165) is 22.7 Å². The molecule has 1 N–H and O–H groups in total. The van der Waals surface area contributed by atoms with Gasteiger partial charge in [0.05, 0.1) is 10.7 Å². The largest absolute Gasteiger partial charge is 0.356 e. The average Bonchev–Trinajstić information content (AvgIpc) is 3.05. The van der Waals surface area contributed by atoms with E-state index in [2.05, 4.69) is 22.4 Å². The summed E-state index contributed by atoms with van der Waals surface area (Å²) in [4.78, 5) is 15.5. The molecule has 5 heteroatoms. The van der Waals surface area contributed by atoms with Crippen molar-refractivity contribution in [3.8, 4) is 11.3 Å². The summed E-state index contributed by atoms with van der Waals surface area (Å²) in [6, 6.07) is 15.3. The van der Waals surface area contributed by atoms with Gasteiger partial charge >= 0.3 is 0 Å². The average molecular weight is 354 g/mol. The van der Waals surface area contributed by atoms with Crippen molar-refractivity contribution in [2.45, 2.75) is 19.8 Å². The smallest absolute Gasteiger partial charge is 0.216 e. The number of amides is 1. The van der Waals surface area contributed by atoms with Crippen molar-refractivity contribution in [3.05, 3.63) is 75.9 Å². The van der Waals surface area contributed by atoms with E-state index < -0.39 is 0 Å². The number of rotatable bonds is 6. The van der Waals surface area contributed by atoms with Crippen molar-refractivity contribution in [1.82, 2.24) is 10.3 Å². The molecular formula is C20H19FN2OS. The van der Waals surface area contributed by atoms with Gasteiger partial charge in [0, 0.05) is 30.8 Å². The molecule has 0 unspecified atom stereocenters. The van der Waals surface area contributed by atoms with Gasteiger partial charge in [-0.3, -0.25) is 4.79 Å². The molecule has 3 rings (SSSR count). The Balaban J connectivity index is 1.70. The Labute approximate surface area is 150 Å². The second-order valence-corrected chi connectivity index (χ2v) is 6.77. The van der Waals surface area contributed by atoms with Crippen LogP contribution in [0.2, 0.25) is 0 Å². The van der Waals surface area contributed by atoms with Gasteiger partial charge in [0.1, 0.15) is 5.82 Å². The second-order valence-electron chi connectivity index (χ2n) is 5.83. The monoisotopic (exact) mass is 354 g/mol. The number of carbonyl (C=O) groups is 1. The van der Waals surface area contributed by atoms with E-state index in [4.69, 9.17) is 0 Å². The Morgan fingerprint density at radius 3 is 2.72 bits per heavy atom. The Kier molecular flexibility index (Phi) is 5.56. The second kappa shape index (κ2) is 8.03. The van der Waals surface area contributed by atoms with E-state index in [1.54, 1.807) is 17.4 Å². The SMILES string of the molecule is CC(=O)NCCc1ccc(-c2csc(Cc3ccccc3)n2)cc1F. The van der Waals surface area contributed by atoms with Gasteiger partial charge < -0.3 is 5.32 Å². The maximum atomic E-state index is 14.3. The van der Waals surface area contributed by atoms with Crippen molar-refractivity contribution in [3.63, 3.8) is 0 Å². The van der Waals surface area contributed by atoms with Crippen molar-refractivity contribution >= 4 is 17.2 Å². The van der Waals surface area contributed by atoms with Crippen molar-refractivity contribution in [2.24, 2.45) is 0 Å². The van der Waals surface area contributed by atoms with E-state index >= 15 is 0 Å². The molecule has 1 heterocycles. The fraction of sp³-hybridized carbons (Fsp3) is 0.200. The Hall–Kier alpha value is -2.53. The molecule has 3 aromatic rings. The van der Waals surface area contributed by atoms with Crippen LogP contribution in [0.1, 0.15) is 23.1 Å². The standard InChI is InChI=1S/C20H19FN2OS/c1-14(24)22-10-9-16-7-8-17(12-18(16)21)19-13-25-20(23-19)11-15-5-3-2-4-6-15/h2-8,12-13H,9-11H2,1H3,(H,22,24). The maximum Gasteiger partial charge on any atom is 0.216 e. The van der Waals surface area contributed by atoms with E-state index in [-0.39, 0.29) is 11.7 Å². The zero-order valence-electron chi connectivity index (χ0n) is 14.0. The van der Waals surface area contributed by atoms with Crippen LogP contribution in [0.15, 0.2) is 53.9 Å². The molecule has 1 amide bonds. The normalized spacial score (nSPS) is 10.6. The lowest BCUT2D eigenvalue weighted by molar-refractivity contribution is -0.118. The summed E-state index contributed by atoms with van der Waals surface area (Å²) in [5.41, 5.74) is 3.37. The predicted molar refractivity (Wildman–Crippen MR) is 99.1 cm³/mol. The van der Waals surface area contributed by atoms with E-state index in [0.29, 0.717) is 18.5 Å². The molecular weight excluding hydrogens is 335 g/mol. The lowest BCUT2D eigenvalue weighted by Crippen LogP contribution is -2.22. The number of nitrogens with zero attached hydrogens (tertiary/aromatic N) is 1. The zero-order chi connectivity index (χ0) is 17.6. The number of hydrogen-bond donors (Lipinski definition) is 1. The van der Waals surface area contributed by atoms with Crippen LogP contribution in [-0.4, -0.2) is 17.4 Å². The highest BCUT2D eigenvalue weighted by Crippen LogP contribution is 2.25. The molecule has 0 aliphatic carbocycles. The molecule has 0 atom stereocenters. The van der Waals surface area contributed by atoms with Gasteiger partial charge in [0.25, 0.3) is 0 Å². The molecule has 25 heavy (non-hydrogen) atoms. The molecule has 0 saturated heterocycles. The summed E-state index contributed by atoms with van der Waals surface area (Å²) in [6.07, 6.45) is 1.25. The van der Waals surface area contributed by atoms with Crippen LogP contribution in [0.25, 0.3) is 11.3 Å². The Morgan fingerprint density at radius 1 is 1.20 bits per heavy atom. The summed E-state index contributed by atoms with van der Waals surface area (Å²) < 4.78 is 14.3. The quantitative estimate of drug-likeness (QED) is 0.720. The number of halogens is 1. The number of aromatic nitrogens is 1. The molecule has 0 aliphatic rings. The van der Waals surface area contributed by atoms with E-state index in [1.165, 1.54) is 18.6 Å². The number of nitrogens with one attached hydrogen (secondary N) is 1. The lowest BCUT2D eigenvalue weighted by Gasteiger charge is -2.06. The topological polar surface area (TPSA) is 42.0 Å². The first-order chi connectivity index (χ1) is 12.1. The molecule has 1 aromatic heterocycles. The summed E-state index contributed by atoms with van der Waals surface area (Å²) in [6.45, 7) is 1.89. The summed E-state index contributed by atoms with van der Waals surface area (Å²) in [7, 11) is 0. The van der Waals surface area contributed by atoms with Crippen LogP contribution in [0.3, 0.4) is 0 Å². The third-order valence-electron chi connectivity index (χ3n) is 3.87. The Morgan fingerprint density at radius 2 is 2.00 bits per heavy atom. The first-order valence-electron chi connectivity index (χ1n) is 8.13. The minimum absolute atomic E-state index is 0.106. The van der Waals surface area contributed by atoms with Gasteiger partial charge in [0.15, 0.2) is 0 Å². The van der Waals surface area contributed by atoms with Crippen molar-refractivity contribution < 1.29 is 9.18 Å². The minimum Gasteiger partial charge on any atom is -0.356 e. The van der Waals surface area contributed by atoms with Gasteiger partial charge in [-0.1, -0.05) is 42.5 Å². The Bertz CT molecular complexity index is 861. The van der Waals surface area contributed by atoms with Crippen molar-refractivity contribution in [1.29, 1.82) is 0 Å². The van der Waals surface area contributed by atoms with Crippen LogP contribution in [0.4, 0.5) is 4.39 Å². The van der Waals surface area contributed by atoms with Crippen molar-refractivity contribution in [2.75, 3.05) is 6.54 Å². The number of hydrogen-bond acceptors (Lipinski definition) is 3. The number of thiazole rings is 1. The highest BCUT2D eigenvalue weighted by Gasteiger charge is 2.09. The third kappa shape index (κ3) is 4.73. The highest BCUT2D eigenvalue weighted by molar-refractivity contribution is 7.10. The summed E-state index contributed by atoms with van der Waals surface area (Å²) >= 11 is 1.59. The lowest BCUT2D eigenvalue weighted by atomic mass is 10.1. The van der Waals surface area contributed by atoms with E-state index in [9.17, 15) is 9.18 Å². The zero-order valence-corrected chi connectivity index (χ0v) is 14.8. The molecule has 0 fully saturated rings.